The largest absolute Gasteiger partial charge is 0.493 e. The molecule has 0 atom stereocenters. The molecule has 0 saturated carbocycles. The average molecular weight is 282 g/mol. The van der Waals surface area contributed by atoms with Crippen molar-refractivity contribution in [3.05, 3.63) is 64.7 Å². The summed E-state index contributed by atoms with van der Waals surface area (Å²) in [6.45, 7) is 6.62. The van der Waals surface area contributed by atoms with Crippen molar-refractivity contribution in [1.29, 1.82) is 0 Å². The van der Waals surface area contributed by atoms with E-state index in [1.54, 1.807) is 0 Å². The van der Waals surface area contributed by atoms with Crippen molar-refractivity contribution in [2.24, 2.45) is 0 Å². The second-order valence-electron chi connectivity index (χ2n) is 5.55. The Morgan fingerprint density at radius 2 is 1.81 bits per heavy atom. The van der Waals surface area contributed by atoms with Crippen LogP contribution in [0.15, 0.2) is 42.5 Å². The summed E-state index contributed by atoms with van der Waals surface area (Å²) in [6.07, 6.45) is 0.930. The predicted molar refractivity (Wildman–Crippen MR) is 85.9 cm³/mol. The number of hydrogen-bond acceptors (Lipinski definition) is 2. The molecule has 0 aliphatic rings. The van der Waals surface area contributed by atoms with Gasteiger partial charge in [-0.1, -0.05) is 30.3 Å². The van der Waals surface area contributed by atoms with Crippen molar-refractivity contribution in [2.45, 2.75) is 33.6 Å². The fourth-order valence-electron chi connectivity index (χ4n) is 2.22. The summed E-state index contributed by atoms with van der Waals surface area (Å²) >= 11 is 0. The van der Waals surface area contributed by atoms with Crippen LogP contribution in [0.1, 0.15) is 28.7 Å². The lowest BCUT2D eigenvalue weighted by atomic mass is 10.0. The molecule has 0 aliphatic heterocycles. The van der Waals surface area contributed by atoms with E-state index in [9.17, 15) is 4.79 Å². The van der Waals surface area contributed by atoms with Gasteiger partial charge < -0.3 is 4.74 Å². The van der Waals surface area contributed by atoms with Crippen LogP contribution in [0.3, 0.4) is 0 Å². The van der Waals surface area contributed by atoms with Crippen LogP contribution in [-0.2, 0) is 11.2 Å². The smallest absolute Gasteiger partial charge is 0.140 e. The predicted octanol–water partition coefficient (Wildman–Crippen LogP) is 4.19. The van der Waals surface area contributed by atoms with E-state index >= 15 is 0 Å². The molecule has 0 unspecified atom stereocenters. The van der Waals surface area contributed by atoms with E-state index in [4.69, 9.17) is 4.74 Å². The van der Waals surface area contributed by atoms with Gasteiger partial charge in [0.25, 0.3) is 0 Å². The molecule has 0 spiro atoms. The van der Waals surface area contributed by atoms with Crippen molar-refractivity contribution in [3.63, 3.8) is 0 Å². The summed E-state index contributed by atoms with van der Waals surface area (Å²) in [7, 11) is 0. The molecule has 0 heterocycles. The molecule has 110 valence electrons. The second-order valence-corrected chi connectivity index (χ2v) is 5.55. The fourth-order valence-corrected chi connectivity index (χ4v) is 2.22. The molecule has 2 nitrogen and oxygen atoms in total. The van der Waals surface area contributed by atoms with E-state index in [2.05, 4.69) is 26.0 Å². The number of carbonyl (C=O) groups is 1. The normalized spacial score (nSPS) is 10.4. The molecule has 21 heavy (non-hydrogen) atoms. The van der Waals surface area contributed by atoms with Crippen LogP contribution < -0.4 is 4.74 Å². The monoisotopic (exact) mass is 282 g/mol. The van der Waals surface area contributed by atoms with Gasteiger partial charge in [-0.2, -0.15) is 0 Å². The SMILES string of the molecule is Cc1cccc(OCCC(=O)Cc2ccc(C)c(C)c2)c1. The minimum atomic E-state index is 0.214. The zero-order valence-electron chi connectivity index (χ0n) is 13.0. The van der Waals surface area contributed by atoms with E-state index in [1.807, 2.05) is 37.3 Å². The Hall–Kier alpha value is -2.09. The molecule has 0 amide bonds. The van der Waals surface area contributed by atoms with Crippen LogP contribution in [0, 0.1) is 20.8 Å². The van der Waals surface area contributed by atoms with Gasteiger partial charge in [-0.15, -0.1) is 0 Å². The first-order valence-corrected chi connectivity index (χ1v) is 7.32. The molecule has 0 radical (unpaired) electrons. The van der Waals surface area contributed by atoms with Crippen molar-refractivity contribution in [2.75, 3.05) is 6.61 Å². The molecule has 2 aromatic carbocycles. The van der Waals surface area contributed by atoms with Gasteiger partial charge in [-0.3, -0.25) is 4.79 Å². The minimum Gasteiger partial charge on any atom is -0.493 e. The Kier molecular flexibility index (Phi) is 5.15. The minimum absolute atomic E-state index is 0.214. The van der Waals surface area contributed by atoms with Gasteiger partial charge in [0.2, 0.25) is 0 Å². The lowest BCUT2D eigenvalue weighted by molar-refractivity contribution is -0.118. The number of benzene rings is 2. The van der Waals surface area contributed by atoms with E-state index in [-0.39, 0.29) is 5.78 Å². The van der Waals surface area contributed by atoms with Crippen molar-refractivity contribution >= 4 is 5.78 Å². The van der Waals surface area contributed by atoms with Crippen molar-refractivity contribution in [3.8, 4) is 5.75 Å². The third kappa shape index (κ3) is 4.75. The maximum atomic E-state index is 12.0. The summed E-state index contributed by atoms with van der Waals surface area (Å²) in [5.41, 5.74) is 4.73. The third-order valence-electron chi connectivity index (χ3n) is 3.61. The highest BCUT2D eigenvalue weighted by Crippen LogP contribution is 2.13. The van der Waals surface area contributed by atoms with E-state index < -0.39 is 0 Å². The molecular formula is C19H22O2. The summed E-state index contributed by atoms with van der Waals surface area (Å²) in [4.78, 5) is 12.0. The maximum Gasteiger partial charge on any atom is 0.140 e. The van der Waals surface area contributed by atoms with Gasteiger partial charge in [-0.05, 0) is 55.2 Å². The molecule has 0 aliphatic carbocycles. The summed E-state index contributed by atoms with van der Waals surface area (Å²) in [5.74, 6) is 1.04. The molecule has 0 fully saturated rings. The number of Topliss-reactive ketones (excluding diaryl/α,β-unsaturated/α-hetero) is 1. The van der Waals surface area contributed by atoms with E-state index in [0.717, 1.165) is 16.9 Å². The Morgan fingerprint density at radius 1 is 1.00 bits per heavy atom. The first kappa shape index (κ1) is 15.3. The van der Waals surface area contributed by atoms with Gasteiger partial charge in [0.05, 0.1) is 6.61 Å². The van der Waals surface area contributed by atoms with E-state index in [1.165, 1.54) is 11.1 Å². The van der Waals surface area contributed by atoms with Crippen molar-refractivity contribution in [1.82, 2.24) is 0 Å². The van der Waals surface area contributed by atoms with Gasteiger partial charge in [0.15, 0.2) is 0 Å². The Balaban J connectivity index is 1.81. The molecule has 0 N–H and O–H groups in total. The van der Waals surface area contributed by atoms with Gasteiger partial charge >= 0.3 is 0 Å². The fraction of sp³-hybridized carbons (Fsp3) is 0.316. The molecule has 0 bridgehead atoms. The van der Waals surface area contributed by atoms with Gasteiger partial charge in [0.1, 0.15) is 11.5 Å². The molecule has 0 saturated heterocycles. The standard InChI is InChI=1S/C19H22O2/c1-14-5-4-6-19(11-14)21-10-9-18(20)13-17-8-7-15(2)16(3)12-17/h4-8,11-12H,9-10,13H2,1-3H3. The Morgan fingerprint density at radius 3 is 2.52 bits per heavy atom. The molecule has 2 aromatic rings. The number of rotatable bonds is 6. The Bertz CT molecular complexity index is 629. The third-order valence-corrected chi connectivity index (χ3v) is 3.61. The van der Waals surface area contributed by atoms with Gasteiger partial charge in [-0.25, -0.2) is 0 Å². The van der Waals surface area contributed by atoms with E-state index in [0.29, 0.717) is 19.4 Å². The topological polar surface area (TPSA) is 26.3 Å². The van der Waals surface area contributed by atoms with Crippen LogP contribution >= 0.6 is 0 Å². The highest BCUT2D eigenvalue weighted by molar-refractivity contribution is 5.81. The van der Waals surface area contributed by atoms with Crippen LogP contribution in [0.4, 0.5) is 0 Å². The number of ketones is 1. The lowest BCUT2D eigenvalue weighted by Gasteiger charge is -2.07. The number of aryl methyl sites for hydroxylation is 3. The van der Waals surface area contributed by atoms with Crippen LogP contribution in [0.5, 0.6) is 5.75 Å². The average Bonchev–Trinajstić information content (AvgIpc) is 2.43. The quantitative estimate of drug-likeness (QED) is 0.794. The molecule has 2 heteroatoms. The highest BCUT2D eigenvalue weighted by Gasteiger charge is 2.05. The number of hydrogen-bond donors (Lipinski definition) is 0. The number of ether oxygens (including phenoxy) is 1. The Labute approximate surface area is 126 Å². The highest BCUT2D eigenvalue weighted by atomic mass is 16.5. The lowest BCUT2D eigenvalue weighted by Crippen LogP contribution is -2.09. The van der Waals surface area contributed by atoms with Crippen LogP contribution in [0.2, 0.25) is 0 Å². The second kappa shape index (κ2) is 7.07. The maximum absolute atomic E-state index is 12.0. The molecular weight excluding hydrogens is 260 g/mol. The number of carbonyl (C=O) groups excluding carboxylic acids is 1. The first-order chi connectivity index (χ1) is 10.0. The first-order valence-electron chi connectivity index (χ1n) is 7.32. The summed E-state index contributed by atoms with van der Waals surface area (Å²) < 4.78 is 5.62. The zero-order valence-corrected chi connectivity index (χ0v) is 13.0. The molecule has 2 rings (SSSR count). The van der Waals surface area contributed by atoms with Crippen LogP contribution in [-0.4, -0.2) is 12.4 Å². The zero-order chi connectivity index (χ0) is 15.2. The van der Waals surface area contributed by atoms with Crippen LogP contribution in [0.25, 0.3) is 0 Å². The summed E-state index contributed by atoms with van der Waals surface area (Å²) in [6, 6.07) is 14.1. The van der Waals surface area contributed by atoms with Gasteiger partial charge in [0, 0.05) is 12.8 Å². The summed E-state index contributed by atoms with van der Waals surface area (Å²) in [5, 5.41) is 0. The van der Waals surface area contributed by atoms with Crippen molar-refractivity contribution < 1.29 is 9.53 Å². The molecule has 0 aromatic heterocycles.